The number of carbonyl (C=O) groups excluding carboxylic acids is 1. The quantitative estimate of drug-likeness (QED) is 0.776. The predicted octanol–water partition coefficient (Wildman–Crippen LogP) is 2.12. The van der Waals surface area contributed by atoms with Crippen molar-refractivity contribution in [2.24, 2.45) is 7.05 Å². The smallest absolute Gasteiger partial charge is 0.271 e. The molecule has 8 nitrogen and oxygen atoms in total. The van der Waals surface area contributed by atoms with Crippen LogP contribution in [-0.4, -0.2) is 44.6 Å². The Balaban J connectivity index is 1.52. The first-order chi connectivity index (χ1) is 12.5. The van der Waals surface area contributed by atoms with Crippen LogP contribution in [0.5, 0.6) is 11.5 Å². The van der Waals surface area contributed by atoms with Gasteiger partial charge in [-0.05, 0) is 31.2 Å². The summed E-state index contributed by atoms with van der Waals surface area (Å²) in [6.07, 6.45) is 1.78. The maximum Gasteiger partial charge on any atom is 0.271 e. The highest BCUT2D eigenvalue weighted by molar-refractivity contribution is 5.93. The van der Waals surface area contributed by atoms with E-state index in [-0.39, 0.29) is 12.7 Å². The number of fused-ring (bicyclic) bond motifs is 1. The van der Waals surface area contributed by atoms with E-state index < -0.39 is 0 Å². The monoisotopic (exact) mass is 353 g/mol. The van der Waals surface area contributed by atoms with Crippen LogP contribution in [0.1, 0.15) is 21.7 Å². The Hall–Kier alpha value is -3.29. The Morgan fingerprint density at radius 3 is 2.88 bits per heavy atom. The van der Waals surface area contributed by atoms with E-state index in [0.29, 0.717) is 29.4 Å². The van der Waals surface area contributed by atoms with Gasteiger partial charge in [-0.1, -0.05) is 0 Å². The summed E-state index contributed by atoms with van der Waals surface area (Å²) in [6.45, 7) is 2.69. The van der Waals surface area contributed by atoms with E-state index in [4.69, 9.17) is 9.47 Å². The molecule has 3 heterocycles. The van der Waals surface area contributed by atoms with Crippen molar-refractivity contribution in [3.63, 3.8) is 0 Å². The van der Waals surface area contributed by atoms with Gasteiger partial charge in [-0.2, -0.15) is 10.2 Å². The van der Waals surface area contributed by atoms with Crippen molar-refractivity contribution < 1.29 is 14.3 Å². The van der Waals surface area contributed by atoms with Crippen molar-refractivity contribution in [3.05, 3.63) is 47.4 Å². The summed E-state index contributed by atoms with van der Waals surface area (Å²) in [5.74, 6) is 1.27. The molecule has 8 heteroatoms. The molecule has 134 valence electrons. The van der Waals surface area contributed by atoms with Gasteiger partial charge in [-0.25, -0.2) is 0 Å². The molecule has 1 aromatic carbocycles. The molecule has 0 unspecified atom stereocenters. The predicted molar refractivity (Wildman–Crippen MR) is 93.9 cm³/mol. The first-order valence-corrected chi connectivity index (χ1v) is 8.21. The molecule has 1 N–H and O–H groups in total. The number of rotatable bonds is 4. The van der Waals surface area contributed by atoms with Crippen molar-refractivity contribution in [1.82, 2.24) is 24.9 Å². The first-order valence-electron chi connectivity index (χ1n) is 8.21. The zero-order chi connectivity index (χ0) is 18.3. The topological polar surface area (TPSA) is 85.3 Å². The molecule has 0 saturated carbocycles. The van der Waals surface area contributed by atoms with Crippen LogP contribution in [0.15, 0.2) is 30.5 Å². The minimum absolute atomic E-state index is 0.132. The number of aromatic amines is 1. The number of H-pyrrole nitrogens is 1. The maximum atomic E-state index is 12.7. The maximum absolute atomic E-state index is 12.7. The summed E-state index contributed by atoms with van der Waals surface area (Å²) in [5.41, 5.74) is 4.02. The third kappa shape index (κ3) is 2.79. The normalized spacial score (nSPS) is 12.4. The molecular weight excluding hydrogens is 334 g/mol. The van der Waals surface area contributed by atoms with Crippen LogP contribution in [0.3, 0.4) is 0 Å². The number of nitrogens with one attached hydrogen (secondary N) is 1. The van der Waals surface area contributed by atoms with Gasteiger partial charge in [0.05, 0.1) is 11.9 Å². The molecule has 0 saturated heterocycles. The Kier molecular flexibility index (Phi) is 3.87. The SMILES string of the molecule is Cc1c(CN(C)C(=O)c2cc(-c3ccc4c(c3)OCO4)n[nH]2)cnn1C. The number of hydrogen-bond acceptors (Lipinski definition) is 5. The average Bonchev–Trinajstić information content (AvgIpc) is 3.37. The lowest BCUT2D eigenvalue weighted by Gasteiger charge is -2.15. The third-order valence-electron chi connectivity index (χ3n) is 4.57. The summed E-state index contributed by atoms with van der Waals surface area (Å²) < 4.78 is 12.5. The van der Waals surface area contributed by atoms with Gasteiger partial charge in [-0.15, -0.1) is 0 Å². The van der Waals surface area contributed by atoms with Crippen molar-refractivity contribution in [2.75, 3.05) is 13.8 Å². The lowest BCUT2D eigenvalue weighted by atomic mass is 10.1. The molecule has 0 fully saturated rings. The van der Waals surface area contributed by atoms with E-state index in [0.717, 1.165) is 16.8 Å². The standard InChI is InChI=1S/C18H19N5O3/c1-11-13(8-19-23(11)3)9-22(2)18(24)15-7-14(20-21-15)12-4-5-16-17(6-12)26-10-25-16/h4-8H,9-10H2,1-3H3,(H,20,21). The Labute approximate surface area is 150 Å². The van der Waals surface area contributed by atoms with Crippen LogP contribution in [0.25, 0.3) is 11.3 Å². The Morgan fingerprint density at radius 2 is 2.12 bits per heavy atom. The summed E-state index contributed by atoms with van der Waals surface area (Å²) >= 11 is 0. The van der Waals surface area contributed by atoms with Crippen LogP contribution in [-0.2, 0) is 13.6 Å². The van der Waals surface area contributed by atoms with Gasteiger partial charge in [0.15, 0.2) is 11.5 Å². The zero-order valence-corrected chi connectivity index (χ0v) is 14.8. The highest BCUT2D eigenvalue weighted by atomic mass is 16.7. The molecular formula is C18H19N5O3. The van der Waals surface area contributed by atoms with Gasteiger partial charge >= 0.3 is 0 Å². The molecule has 0 aliphatic carbocycles. The van der Waals surface area contributed by atoms with E-state index in [2.05, 4.69) is 15.3 Å². The van der Waals surface area contributed by atoms with Crippen LogP contribution in [0.2, 0.25) is 0 Å². The van der Waals surface area contributed by atoms with E-state index in [9.17, 15) is 4.79 Å². The number of nitrogens with zero attached hydrogens (tertiary/aromatic N) is 4. The van der Waals surface area contributed by atoms with Crippen LogP contribution < -0.4 is 9.47 Å². The number of amides is 1. The summed E-state index contributed by atoms with van der Waals surface area (Å²) in [4.78, 5) is 14.3. The largest absolute Gasteiger partial charge is 0.454 e. The van der Waals surface area contributed by atoms with Crippen molar-refractivity contribution in [3.8, 4) is 22.8 Å². The highest BCUT2D eigenvalue weighted by Gasteiger charge is 2.19. The number of benzene rings is 1. The summed E-state index contributed by atoms with van der Waals surface area (Å²) in [6, 6.07) is 7.33. The molecule has 26 heavy (non-hydrogen) atoms. The van der Waals surface area contributed by atoms with E-state index in [1.54, 1.807) is 28.9 Å². The second-order valence-electron chi connectivity index (χ2n) is 6.27. The van der Waals surface area contributed by atoms with E-state index in [1.165, 1.54) is 0 Å². The molecule has 1 aliphatic rings. The lowest BCUT2D eigenvalue weighted by molar-refractivity contribution is 0.0779. The molecule has 2 aromatic heterocycles. The van der Waals surface area contributed by atoms with Gasteiger partial charge in [0.2, 0.25) is 6.79 Å². The molecule has 0 radical (unpaired) electrons. The first kappa shape index (κ1) is 16.2. The van der Waals surface area contributed by atoms with Crippen molar-refractivity contribution in [2.45, 2.75) is 13.5 Å². The molecule has 0 atom stereocenters. The number of ether oxygens (including phenoxy) is 2. The highest BCUT2D eigenvalue weighted by Crippen LogP contribution is 2.35. The van der Waals surface area contributed by atoms with Gasteiger partial charge in [0.25, 0.3) is 5.91 Å². The minimum Gasteiger partial charge on any atom is -0.454 e. The Morgan fingerprint density at radius 1 is 1.31 bits per heavy atom. The van der Waals surface area contributed by atoms with Crippen LogP contribution >= 0.6 is 0 Å². The number of hydrogen-bond donors (Lipinski definition) is 1. The second-order valence-corrected chi connectivity index (χ2v) is 6.27. The van der Waals surface area contributed by atoms with Gasteiger partial charge in [0.1, 0.15) is 5.69 Å². The number of carbonyl (C=O) groups is 1. The molecule has 4 rings (SSSR count). The molecule has 1 aliphatic heterocycles. The average molecular weight is 353 g/mol. The second kappa shape index (κ2) is 6.21. The minimum atomic E-state index is -0.132. The lowest BCUT2D eigenvalue weighted by Crippen LogP contribution is -2.26. The van der Waals surface area contributed by atoms with E-state index in [1.807, 2.05) is 32.2 Å². The number of aromatic nitrogens is 4. The fourth-order valence-electron chi connectivity index (χ4n) is 2.87. The summed E-state index contributed by atoms with van der Waals surface area (Å²) in [5, 5.41) is 11.3. The van der Waals surface area contributed by atoms with E-state index >= 15 is 0 Å². The van der Waals surface area contributed by atoms with Crippen LogP contribution in [0.4, 0.5) is 0 Å². The van der Waals surface area contributed by atoms with Gasteiger partial charge in [0, 0.05) is 37.5 Å². The summed E-state index contributed by atoms with van der Waals surface area (Å²) in [7, 11) is 3.64. The van der Waals surface area contributed by atoms with Crippen molar-refractivity contribution in [1.29, 1.82) is 0 Å². The van der Waals surface area contributed by atoms with Gasteiger partial charge in [-0.3, -0.25) is 14.6 Å². The third-order valence-corrected chi connectivity index (χ3v) is 4.57. The number of aryl methyl sites for hydroxylation is 1. The Bertz CT molecular complexity index is 975. The molecule has 1 amide bonds. The van der Waals surface area contributed by atoms with Crippen molar-refractivity contribution >= 4 is 5.91 Å². The van der Waals surface area contributed by atoms with Gasteiger partial charge < -0.3 is 14.4 Å². The van der Waals surface area contributed by atoms with Crippen LogP contribution in [0, 0.1) is 6.92 Å². The zero-order valence-electron chi connectivity index (χ0n) is 14.8. The fourth-order valence-corrected chi connectivity index (χ4v) is 2.87. The molecule has 0 bridgehead atoms. The molecule has 3 aromatic rings. The molecule has 0 spiro atoms. The fraction of sp³-hybridized carbons (Fsp3) is 0.278.